The number of likely N-dealkylation sites (tertiary alicyclic amines) is 1. The molecule has 4 nitrogen and oxygen atoms in total. The van der Waals surface area contributed by atoms with Gasteiger partial charge in [0.2, 0.25) is 5.91 Å². The van der Waals surface area contributed by atoms with Crippen molar-refractivity contribution >= 4 is 5.91 Å². The number of nitrogens with two attached hydrogens (primary N) is 1. The lowest BCUT2D eigenvalue weighted by atomic mass is 10.00. The molecule has 1 aromatic rings. The summed E-state index contributed by atoms with van der Waals surface area (Å²) in [5, 5.41) is 0. The molecule has 1 aliphatic rings. The molecule has 0 radical (unpaired) electrons. The lowest BCUT2D eigenvalue weighted by Crippen LogP contribution is -2.30. The van der Waals surface area contributed by atoms with Gasteiger partial charge in [-0.25, -0.2) is 0 Å². The van der Waals surface area contributed by atoms with Gasteiger partial charge in [0.05, 0.1) is 12.6 Å². The standard InChI is InChI=1S/C13H18N2O2/c1-3-17-11-7-5-4-6-9(11)13-10(14)8-12(16)15(13)2/h4-7,10,13H,3,8,14H2,1-2H3. The number of hydrogen-bond acceptors (Lipinski definition) is 3. The third kappa shape index (κ3) is 2.13. The maximum Gasteiger partial charge on any atom is 0.224 e. The Balaban J connectivity index is 2.36. The fourth-order valence-electron chi connectivity index (χ4n) is 2.35. The average Bonchev–Trinajstić information content (AvgIpc) is 2.55. The van der Waals surface area contributed by atoms with E-state index in [0.29, 0.717) is 13.0 Å². The first-order valence-electron chi connectivity index (χ1n) is 5.88. The molecule has 0 bridgehead atoms. The SMILES string of the molecule is CCOc1ccccc1C1C(N)CC(=O)N1C. The van der Waals surface area contributed by atoms with E-state index in [-0.39, 0.29) is 18.0 Å². The monoisotopic (exact) mass is 234 g/mol. The van der Waals surface area contributed by atoms with Crippen molar-refractivity contribution in [3.05, 3.63) is 29.8 Å². The van der Waals surface area contributed by atoms with Crippen LogP contribution in [0.4, 0.5) is 0 Å². The molecule has 1 aliphatic heterocycles. The molecule has 2 atom stereocenters. The number of hydrogen-bond donors (Lipinski definition) is 1. The van der Waals surface area contributed by atoms with Gasteiger partial charge in [-0.3, -0.25) is 4.79 Å². The number of nitrogens with zero attached hydrogens (tertiary/aromatic N) is 1. The van der Waals surface area contributed by atoms with Crippen molar-refractivity contribution in [2.75, 3.05) is 13.7 Å². The van der Waals surface area contributed by atoms with Gasteiger partial charge in [-0.2, -0.15) is 0 Å². The summed E-state index contributed by atoms with van der Waals surface area (Å²) in [5.74, 6) is 0.908. The molecule has 4 heteroatoms. The van der Waals surface area contributed by atoms with Crippen molar-refractivity contribution in [1.29, 1.82) is 0 Å². The molecule has 0 aromatic heterocycles. The molecule has 17 heavy (non-hydrogen) atoms. The first-order chi connectivity index (χ1) is 8.15. The van der Waals surface area contributed by atoms with Crippen LogP contribution in [0.15, 0.2) is 24.3 Å². The number of carbonyl (C=O) groups excluding carboxylic acids is 1. The molecule has 2 N–H and O–H groups in total. The van der Waals surface area contributed by atoms with Crippen LogP contribution in [0.1, 0.15) is 24.9 Å². The van der Waals surface area contributed by atoms with Crippen molar-refractivity contribution in [2.45, 2.75) is 25.4 Å². The van der Waals surface area contributed by atoms with Gasteiger partial charge in [0.1, 0.15) is 5.75 Å². The third-order valence-electron chi connectivity index (χ3n) is 3.16. The van der Waals surface area contributed by atoms with Crippen LogP contribution in [0.2, 0.25) is 0 Å². The fourth-order valence-corrected chi connectivity index (χ4v) is 2.35. The quantitative estimate of drug-likeness (QED) is 0.858. The van der Waals surface area contributed by atoms with Gasteiger partial charge in [0.25, 0.3) is 0 Å². The highest BCUT2D eigenvalue weighted by molar-refractivity contribution is 5.80. The van der Waals surface area contributed by atoms with E-state index in [1.165, 1.54) is 0 Å². The Morgan fingerprint density at radius 1 is 1.47 bits per heavy atom. The molecule has 92 valence electrons. The van der Waals surface area contributed by atoms with Gasteiger partial charge in [-0.1, -0.05) is 18.2 Å². The molecule has 1 aromatic carbocycles. The number of likely N-dealkylation sites (N-methyl/N-ethyl adjacent to an activating group) is 1. The summed E-state index contributed by atoms with van der Waals surface area (Å²) in [4.78, 5) is 13.4. The summed E-state index contributed by atoms with van der Waals surface area (Å²) in [6.07, 6.45) is 0.404. The maximum absolute atomic E-state index is 11.6. The van der Waals surface area contributed by atoms with Crippen LogP contribution in [0.3, 0.4) is 0 Å². The zero-order valence-corrected chi connectivity index (χ0v) is 10.2. The first-order valence-corrected chi connectivity index (χ1v) is 5.88. The van der Waals surface area contributed by atoms with Crippen molar-refractivity contribution < 1.29 is 9.53 Å². The summed E-state index contributed by atoms with van der Waals surface area (Å²) >= 11 is 0. The Labute approximate surface area is 101 Å². The van der Waals surface area contributed by atoms with Crippen molar-refractivity contribution in [3.8, 4) is 5.75 Å². The molecular weight excluding hydrogens is 216 g/mol. The van der Waals surface area contributed by atoms with E-state index >= 15 is 0 Å². The summed E-state index contributed by atoms with van der Waals surface area (Å²) in [7, 11) is 1.79. The maximum atomic E-state index is 11.6. The van der Waals surface area contributed by atoms with Crippen molar-refractivity contribution in [1.82, 2.24) is 4.90 Å². The fraction of sp³-hybridized carbons (Fsp3) is 0.462. The minimum Gasteiger partial charge on any atom is -0.494 e. The number of amides is 1. The van der Waals surface area contributed by atoms with Crippen molar-refractivity contribution in [3.63, 3.8) is 0 Å². The zero-order chi connectivity index (χ0) is 12.4. The van der Waals surface area contributed by atoms with Gasteiger partial charge in [-0.05, 0) is 13.0 Å². The van der Waals surface area contributed by atoms with Crippen LogP contribution >= 0.6 is 0 Å². The predicted octanol–water partition coefficient (Wildman–Crippen LogP) is 1.32. The van der Waals surface area contributed by atoms with E-state index in [0.717, 1.165) is 11.3 Å². The van der Waals surface area contributed by atoms with E-state index in [2.05, 4.69) is 0 Å². The molecule has 1 amide bonds. The second-order valence-corrected chi connectivity index (χ2v) is 4.29. The largest absolute Gasteiger partial charge is 0.494 e. The van der Waals surface area contributed by atoms with Crippen LogP contribution < -0.4 is 10.5 Å². The first kappa shape index (κ1) is 11.9. The van der Waals surface area contributed by atoms with E-state index in [1.54, 1.807) is 11.9 Å². The Hall–Kier alpha value is -1.55. The van der Waals surface area contributed by atoms with Crippen LogP contribution in [-0.2, 0) is 4.79 Å². The molecule has 0 aliphatic carbocycles. The van der Waals surface area contributed by atoms with Gasteiger partial charge in [-0.15, -0.1) is 0 Å². The highest BCUT2D eigenvalue weighted by Crippen LogP contribution is 2.35. The number of carbonyl (C=O) groups is 1. The van der Waals surface area contributed by atoms with Gasteiger partial charge < -0.3 is 15.4 Å². The number of ether oxygens (including phenoxy) is 1. The van der Waals surface area contributed by atoms with E-state index in [9.17, 15) is 4.79 Å². The molecule has 2 rings (SSSR count). The molecule has 0 spiro atoms. The minimum absolute atomic E-state index is 0.0785. The van der Waals surface area contributed by atoms with Gasteiger partial charge in [0.15, 0.2) is 0 Å². The Bertz CT molecular complexity index is 420. The summed E-state index contributed by atoms with van der Waals surface area (Å²) < 4.78 is 5.59. The van der Waals surface area contributed by atoms with Gasteiger partial charge >= 0.3 is 0 Å². The van der Waals surface area contributed by atoms with E-state index in [1.807, 2.05) is 31.2 Å². The zero-order valence-electron chi connectivity index (χ0n) is 10.2. The van der Waals surface area contributed by atoms with Crippen LogP contribution in [0, 0.1) is 0 Å². The highest BCUT2D eigenvalue weighted by atomic mass is 16.5. The number of rotatable bonds is 3. The molecule has 1 fully saturated rings. The summed E-state index contributed by atoms with van der Waals surface area (Å²) in [6, 6.07) is 7.53. The highest BCUT2D eigenvalue weighted by Gasteiger charge is 2.37. The summed E-state index contributed by atoms with van der Waals surface area (Å²) in [6.45, 7) is 2.55. The normalized spacial score (nSPS) is 24.2. The second-order valence-electron chi connectivity index (χ2n) is 4.29. The van der Waals surface area contributed by atoms with Crippen LogP contribution in [0.25, 0.3) is 0 Å². The Kier molecular flexibility index (Phi) is 3.33. The number of benzene rings is 1. The lowest BCUT2D eigenvalue weighted by Gasteiger charge is -2.25. The Morgan fingerprint density at radius 2 is 2.18 bits per heavy atom. The minimum atomic E-state index is -0.158. The van der Waals surface area contributed by atoms with Gasteiger partial charge in [0, 0.05) is 25.1 Å². The molecule has 1 saturated heterocycles. The average molecular weight is 234 g/mol. The van der Waals surface area contributed by atoms with Crippen LogP contribution in [0.5, 0.6) is 5.75 Å². The molecule has 1 heterocycles. The topological polar surface area (TPSA) is 55.6 Å². The molecule has 2 unspecified atom stereocenters. The second kappa shape index (κ2) is 4.75. The van der Waals surface area contributed by atoms with Crippen molar-refractivity contribution in [2.24, 2.45) is 5.73 Å². The Morgan fingerprint density at radius 3 is 2.76 bits per heavy atom. The predicted molar refractivity (Wildman–Crippen MR) is 65.7 cm³/mol. The van der Waals surface area contributed by atoms with E-state index < -0.39 is 0 Å². The van der Waals surface area contributed by atoms with Crippen LogP contribution in [-0.4, -0.2) is 30.5 Å². The lowest BCUT2D eigenvalue weighted by molar-refractivity contribution is -0.127. The molecule has 0 saturated carbocycles. The third-order valence-corrected chi connectivity index (χ3v) is 3.16. The summed E-state index contributed by atoms with van der Waals surface area (Å²) in [5.41, 5.74) is 7.03. The number of para-hydroxylation sites is 1. The molecular formula is C13H18N2O2. The smallest absolute Gasteiger partial charge is 0.224 e. The van der Waals surface area contributed by atoms with E-state index in [4.69, 9.17) is 10.5 Å².